The van der Waals surface area contributed by atoms with Crippen LogP contribution in [-0.4, -0.2) is 30.0 Å². The fourth-order valence-corrected chi connectivity index (χ4v) is 2.46. The average molecular weight is 297 g/mol. The van der Waals surface area contributed by atoms with Gasteiger partial charge in [0, 0.05) is 6.20 Å². The molecule has 0 saturated heterocycles. The van der Waals surface area contributed by atoms with Crippen molar-refractivity contribution in [1.82, 2.24) is 4.98 Å². The van der Waals surface area contributed by atoms with E-state index in [-0.39, 0.29) is 25.0 Å². The number of ether oxygens (including phenoxy) is 2. The van der Waals surface area contributed by atoms with E-state index in [1.165, 1.54) is 4.90 Å². The summed E-state index contributed by atoms with van der Waals surface area (Å²) in [7, 11) is 0. The van der Waals surface area contributed by atoms with Crippen LogP contribution in [0.15, 0.2) is 36.5 Å². The Balaban J connectivity index is 1.80. The van der Waals surface area contributed by atoms with Crippen molar-refractivity contribution in [3.8, 4) is 11.5 Å². The first kappa shape index (κ1) is 12.6. The number of carbonyl (C=O) groups excluding carboxylic acids is 2. The zero-order chi connectivity index (χ0) is 15.1. The minimum Gasteiger partial charge on any atom is -0.482 e. The maximum atomic E-state index is 12.2. The Bertz CT molecular complexity index is 790. The summed E-state index contributed by atoms with van der Waals surface area (Å²) in [5, 5.41) is 2.72. The smallest absolute Gasteiger partial charge is 0.270 e. The first-order chi connectivity index (χ1) is 10.7. The van der Waals surface area contributed by atoms with E-state index in [1.54, 1.807) is 36.5 Å². The van der Waals surface area contributed by atoms with Crippen LogP contribution >= 0.6 is 0 Å². The largest absolute Gasteiger partial charge is 0.482 e. The van der Waals surface area contributed by atoms with E-state index in [1.807, 2.05) is 0 Å². The van der Waals surface area contributed by atoms with Gasteiger partial charge >= 0.3 is 0 Å². The first-order valence-corrected chi connectivity index (χ1v) is 6.70. The Kier molecular flexibility index (Phi) is 2.72. The Morgan fingerprint density at radius 3 is 2.86 bits per heavy atom. The maximum Gasteiger partial charge on any atom is 0.270 e. The van der Waals surface area contributed by atoms with Crippen LogP contribution in [0.25, 0.3) is 0 Å². The zero-order valence-electron chi connectivity index (χ0n) is 11.4. The molecule has 1 N–H and O–H groups in total. The first-order valence-electron chi connectivity index (χ1n) is 6.70. The van der Waals surface area contributed by atoms with Crippen LogP contribution in [0.4, 0.5) is 17.2 Å². The van der Waals surface area contributed by atoms with Gasteiger partial charge in [0.25, 0.3) is 11.8 Å². The molecule has 7 heteroatoms. The molecule has 2 aromatic rings. The molecule has 0 aliphatic carbocycles. The van der Waals surface area contributed by atoms with Gasteiger partial charge in [-0.05, 0) is 30.3 Å². The predicted molar refractivity (Wildman–Crippen MR) is 77.4 cm³/mol. The van der Waals surface area contributed by atoms with Crippen molar-refractivity contribution in [2.45, 2.75) is 0 Å². The highest BCUT2D eigenvalue weighted by Crippen LogP contribution is 2.38. The Hall–Kier alpha value is -3.09. The number of nitrogens with one attached hydrogen (secondary N) is 1. The van der Waals surface area contributed by atoms with E-state index in [0.29, 0.717) is 28.7 Å². The van der Waals surface area contributed by atoms with Gasteiger partial charge in [0.1, 0.15) is 5.75 Å². The number of pyridine rings is 1. The summed E-state index contributed by atoms with van der Waals surface area (Å²) in [6.07, 6.45) is 1.59. The predicted octanol–water partition coefficient (Wildman–Crippen LogP) is 1.47. The molecule has 0 spiro atoms. The van der Waals surface area contributed by atoms with Gasteiger partial charge in [-0.25, -0.2) is 4.98 Å². The number of amides is 2. The average Bonchev–Trinajstić information content (AvgIpc) is 2.54. The number of carbonyl (C=O) groups is 2. The molecule has 2 aliphatic heterocycles. The summed E-state index contributed by atoms with van der Waals surface area (Å²) in [5.41, 5.74) is 1.13. The lowest BCUT2D eigenvalue weighted by atomic mass is 10.2. The molecule has 1 aromatic heterocycles. The lowest BCUT2D eigenvalue weighted by Crippen LogP contribution is -2.36. The number of nitrogens with zero attached hydrogens (tertiary/aromatic N) is 2. The second-order valence-electron chi connectivity index (χ2n) is 4.86. The van der Waals surface area contributed by atoms with E-state index in [2.05, 4.69) is 10.3 Å². The molecule has 2 aliphatic rings. The van der Waals surface area contributed by atoms with Gasteiger partial charge in [-0.3, -0.25) is 14.5 Å². The molecule has 0 bridgehead atoms. The Morgan fingerprint density at radius 1 is 1.09 bits per heavy atom. The highest BCUT2D eigenvalue weighted by Gasteiger charge is 2.29. The van der Waals surface area contributed by atoms with Crippen molar-refractivity contribution in [3.05, 3.63) is 36.5 Å². The van der Waals surface area contributed by atoms with Crippen molar-refractivity contribution in [2.24, 2.45) is 0 Å². The summed E-state index contributed by atoms with van der Waals surface area (Å²) in [6, 6.07) is 8.65. The highest BCUT2D eigenvalue weighted by molar-refractivity contribution is 6.04. The summed E-state index contributed by atoms with van der Waals surface area (Å²) in [6.45, 7) is -0.0636. The highest BCUT2D eigenvalue weighted by atomic mass is 16.5. The number of fused-ring (bicyclic) bond motifs is 2. The fraction of sp³-hybridized carbons (Fsp3) is 0.133. The number of anilines is 3. The molecule has 0 radical (unpaired) electrons. The third kappa shape index (κ3) is 1.95. The number of rotatable bonds is 1. The Morgan fingerprint density at radius 2 is 1.95 bits per heavy atom. The SMILES string of the molecule is O=C1COc2ccc(N3C(=O)COc4cccnc43)cc2N1. The van der Waals surface area contributed by atoms with Gasteiger partial charge in [-0.15, -0.1) is 0 Å². The summed E-state index contributed by atoms with van der Waals surface area (Å²) >= 11 is 0. The third-order valence-corrected chi connectivity index (χ3v) is 3.42. The van der Waals surface area contributed by atoms with Crippen molar-refractivity contribution < 1.29 is 19.1 Å². The number of hydrogen-bond donors (Lipinski definition) is 1. The Labute approximate surface area is 125 Å². The molecule has 22 heavy (non-hydrogen) atoms. The molecule has 7 nitrogen and oxygen atoms in total. The molecule has 2 amide bonds. The van der Waals surface area contributed by atoms with Crippen molar-refractivity contribution in [3.63, 3.8) is 0 Å². The maximum absolute atomic E-state index is 12.2. The second-order valence-corrected chi connectivity index (χ2v) is 4.86. The van der Waals surface area contributed by atoms with Crippen LogP contribution in [-0.2, 0) is 9.59 Å². The topological polar surface area (TPSA) is 80.8 Å². The van der Waals surface area contributed by atoms with Gasteiger partial charge in [0.2, 0.25) is 0 Å². The molecular weight excluding hydrogens is 286 g/mol. The van der Waals surface area contributed by atoms with Crippen molar-refractivity contribution >= 4 is 29.0 Å². The quantitative estimate of drug-likeness (QED) is 0.862. The van der Waals surface area contributed by atoms with Crippen LogP contribution < -0.4 is 19.7 Å². The van der Waals surface area contributed by atoms with E-state index >= 15 is 0 Å². The molecular formula is C15H11N3O4. The number of aromatic nitrogens is 1. The molecule has 4 rings (SSSR count). The summed E-state index contributed by atoms with van der Waals surface area (Å²) in [5.74, 6) is 1.10. The minimum atomic E-state index is -0.228. The molecule has 0 fully saturated rings. The lowest BCUT2D eigenvalue weighted by Gasteiger charge is -2.29. The van der Waals surface area contributed by atoms with E-state index in [9.17, 15) is 9.59 Å². The minimum absolute atomic E-state index is 0.00673. The van der Waals surface area contributed by atoms with E-state index < -0.39 is 0 Å². The van der Waals surface area contributed by atoms with Crippen LogP contribution in [0.2, 0.25) is 0 Å². The number of benzene rings is 1. The molecule has 0 saturated carbocycles. The van der Waals surface area contributed by atoms with Gasteiger partial charge < -0.3 is 14.8 Å². The molecule has 0 unspecified atom stereocenters. The number of hydrogen-bond acceptors (Lipinski definition) is 5. The van der Waals surface area contributed by atoms with Crippen LogP contribution in [0, 0.1) is 0 Å². The molecule has 110 valence electrons. The molecule has 0 atom stereocenters. The van der Waals surface area contributed by atoms with Crippen LogP contribution in [0.3, 0.4) is 0 Å². The van der Waals surface area contributed by atoms with Crippen molar-refractivity contribution in [1.29, 1.82) is 0 Å². The van der Waals surface area contributed by atoms with Gasteiger partial charge in [0.15, 0.2) is 24.8 Å². The van der Waals surface area contributed by atoms with Crippen molar-refractivity contribution in [2.75, 3.05) is 23.4 Å². The fourth-order valence-electron chi connectivity index (χ4n) is 2.46. The normalized spacial score (nSPS) is 16.1. The van der Waals surface area contributed by atoms with E-state index in [4.69, 9.17) is 9.47 Å². The van der Waals surface area contributed by atoms with Gasteiger partial charge in [-0.1, -0.05) is 0 Å². The van der Waals surface area contributed by atoms with E-state index in [0.717, 1.165) is 0 Å². The zero-order valence-corrected chi connectivity index (χ0v) is 11.4. The molecule has 1 aromatic carbocycles. The standard InChI is InChI=1S/C15H11N3O4/c19-13-7-21-11-4-3-9(6-10(11)17-13)18-14(20)8-22-12-2-1-5-16-15(12)18/h1-6H,7-8H2,(H,17,19). The lowest BCUT2D eigenvalue weighted by molar-refractivity contribution is -0.120. The monoisotopic (exact) mass is 297 g/mol. The summed E-state index contributed by atoms with van der Waals surface area (Å²) < 4.78 is 10.7. The summed E-state index contributed by atoms with van der Waals surface area (Å²) in [4.78, 5) is 29.3. The second kappa shape index (κ2) is 4.73. The molecule has 3 heterocycles. The van der Waals surface area contributed by atoms with Crippen LogP contribution in [0.5, 0.6) is 11.5 Å². The van der Waals surface area contributed by atoms with Crippen LogP contribution in [0.1, 0.15) is 0 Å². The van der Waals surface area contributed by atoms with Gasteiger partial charge in [0.05, 0.1) is 11.4 Å². The van der Waals surface area contributed by atoms with Gasteiger partial charge in [-0.2, -0.15) is 0 Å². The third-order valence-electron chi connectivity index (χ3n) is 3.42.